The van der Waals surface area contributed by atoms with Crippen LogP contribution in [-0.4, -0.2) is 22.7 Å². The van der Waals surface area contributed by atoms with Crippen molar-refractivity contribution in [3.05, 3.63) is 59.7 Å². The average molecular weight is 349 g/mol. The van der Waals surface area contributed by atoms with E-state index in [-0.39, 0.29) is 5.56 Å². The molecule has 0 aliphatic rings. The number of carboxylic acids is 1. The summed E-state index contributed by atoms with van der Waals surface area (Å²) < 4.78 is 5.54. The Hall–Kier alpha value is -2.88. The predicted molar refractivity (Wildman–Crippen MR) is 104 cm³/mol. The van der Waals surface area contributed by atoms with Crippen LogP contribution >= 0.6 is 0 Å². The minimum Gasteiger partial charge on any atom is -0.494 e. The summed E-state index contributed by atoms with van der Waals surface area (Å²) in [6.45, 7) is 6.77. The Kier molecular flexibility index (Phi) is 5.21. The Morgan fingerprint density at radius 1 is 1.15 bits per heavy atom. The minimum absolute atomic E-state index is 0.275. The summed E-state index contributed by atoms with van der Waals surface area (Å²) in [4.78, 5) is 16.6. The molecule has 1 N–H and O–H groups in total. The summed E-state index contributed by atoms with van der Waals surface area (Å²) in [6.07, 6.45) is 1.00. The molecule has 0 bridgehead atoms. The second-order valence-electron chi connectivity index (χ2n) is 6.41. The van der Waals surface area contributed by atoms with E-state index in [1.807, 2.05) is 49.4 Å². The van der Waals surface area contributed by atoms with E-state index in [9.17, 15) is 9.90 Å². The molecule has 0 radical (unpaired) electrons. The van der Waals surface area contributed by atoms with Crippen molar-refractivity contribution in [2.45, 2.75) is 33.1 Å². The Morgan fingerprint density at radius 2 is 1.96 bits per heavy atom. The average Bonchev–Trinajstić information content (AvgIpc) is 2.66. The first-order chi connectivity index (χ1) is 12.5. The number of hydrogen-bond acceptors (Lipinski definition) is 3. The maximum absolute atomic E-state index is 11.9. The lowest BCUT2D eigenvalue weighted by atomic mass is 9.95. The molecule has 1 heterocycles. The highest BCUT2D eigenvalue weighted by molar-refractivity contribution is 6.04. The lowest BCUT2D eigenvalue weighted by Crippen LogP contribution is -2.02. The van der Waals surface area contributed by atoms with Crippen LogP contribution in [0.4, 0.5) is 0 Å². The van der Waals surface area contributed by atoms with Crippen molar-refractivity contribution in [2.24, 2.45) is 0 Å². The smallest absolute Gasteiger partial charge is 0.336 e. The molecule has 0 saturated carbocycles. The first-order valence-corrected chi connectivity index (χ1v) is 8.94. The van der Waals surface area contributed by atoms with Crippen LogP contribution in [0.2, 0.25) is 0 Å². The largest absolute Gasteiger partial charge is 0.494 e. The second kappa shape index (κ2) is 7.56. The van der Waals surface area contributed by atoms with Gasteiger partial charge in [-0.05, 0) is 55.2 Å². The third-order valence-corrected chi connectivity index (χ3v) is 4.69. The standard InChI is InChI=1S/C22H23NO3/c1-4-14(3)15-9-10-20-18(12-15)19(22(24)25)13-21(23-20)16-7-6-8-17(11-16)26-5-2/h6-14H,4-5H2,1-3H3,(H,24,25). The van der Waals surface area contributed by atoms with E-state index >= 15 is 0 Å². The van der Waals surface area contributed by atoms with Crippen LogP contribution in [0.15, 0.2) is 48.5 Å². The fourth-order valence-electron chi connectivity index (χ4n) is 3.02. The lowest BCUT2D eigenvalue weighted by Gasteiger charge is -2.13. The molecule has 1 aromatic heterocycles. The number of hydrogen-bond donors (Lipinski definition) is 1. The fraction of sp³-hybridized carbons (Fsp3) is 0.273. The second-order valence-corrected chi connectivity index (χ2v) is 6.41. The predicted octanol–water partition coefficient (Wildman–Crippen LogP) is 5.51. The number of pyridine rings is 1. The molecule has 0 spiro atoms. The van der Waals surface area contributed by atoms with Crippen molar-refractivity contribution in [3.63, 3.8) is 0 Å². The van der Waals surface area contributed by atoms with Crippen molar-refractivity contribution >= 4 is 16.9 Å². The number of rotatable bonds is 6. The highest BCUT2D eigenvalue weighted by atomic mass is 16.5. The molecule has 3 rings (SSSR count). The van der Waals surface area contributed by atoms with Gasteiger partial charge in [-0.25, -0.2) is 9.78 Å². The van der Waals surface area contributed by atoms with E-state index in [4.69, 9.17) is 9.72 Å². The Balaban J connectivity index is 2.17. The molecule has 4 nitrogen and oxygen atoms in total. The van der Waals surface area contributed by atoms with E-state index in [1.54, 1.807) is 6.07 Å². The third kappa shape index (κ3) is 3.54. The molecule has 0 saturated heterocycles. The Bertz CT molecular complexity index is 949. The molecule has 0 amide bonds. The number of carbonyl (C=O) groups is 1. The molecular formula is C22H23NO3. The van der Waals surface area contributed by atoms with E-state index in [1.165, 1.54) is 0 Å². The number of benzene rings is 2. The molecule has 1 unspecified atom stereocenters. The van der Waals surface area contributed by atoms with Gasteiger partial charge in [-0.3, -0.25) is 0 Å². The number of ether oxygens (including phenoxy) is 1. The van der Waals surface area contributed by atoms with Crippen LogP contribution in [0.5, 0.6) is 5.75 Å². The zero-order chi connectivity index (χ0) is 18.7. The maximum Gasteiger partial charge on any atom is 0.336 e. The van der Waals surface area contributed by atoms with Crippen molar-refractivity contribution < 1.29 is 14.6 Å². The van der Waals surface area contributed by atoms with E-state index in [2.05, 4.69) is 13.8 Å². The first-order valence-electron chi connectivity index (χ1n) is 8.94. The fourth-order valence-corrected chi connectivity index (χ4v) is 3.02. The van der Waals surface area contributed by atoms with Gasteiger partial charge in [-0.2, -0.15) is 0 Å². The number of carboxylic acid groups (broad SMARTS) is 1. The van der Waals surface area contributed by atoms with Gasteiger partial charge in [0.2, 0.25) is 0 Å². The van der Waals surface area contributed by atoms with Gasteiger partial charge < -0.3 is 9.84 Å². The van der Waals surface area contributed by atoms with Gasteiger partial charge in [0, 0.05) is 10.9 Å². The highest BCUT2D eigenvalue weighted by Gasteiger charge is 2.15. The molecular weight excluding hydrogens is 326 g/mol. The van der Waals surface area contributed by atoms with Crippen LogP contribution in [-0.2, 0) is 0 Å². The van der Waals surface area contributed by atoms with E-state index < -0.39 is 5.97 Å². The number of aromatic nitrogens is 1. The van der Waals surface area contributed by atoms with Gasteiger partial charge in [0.25, 0.3) is 0 Å². The van der Waals surface area contributed by atoms with Gasteiger partial charge in [-0.1, -0.05) is 32.0 Å². The van der Waals surface area contributed by atoms with E-state index in [0.717, 1.165) is 23.3 Å². The molecule has 1 atom stereocenters. The van der Waals surface area contributed by atoms with Crippen LogP contribution < -0.4 is 4.74 Å². The molecule has 0 aliphatic heterocycles. The van der Waals surface area contributed by atoms with E-state index in [0.29, 0.717) is 29.1 Å². The van der Waals surface area contributed by atoms with Gasteiger partial charge in [-0.15, -0.1) is 0 Å². The quantitative estimate of drug-likeness (QED) is 0.637. The molecule has 0 fully saturated rings. The summed E-state index contributed by atoms with van der Waals surface area (Å²) in [5.41, 5.74) is 3.57. The molecule has 26 heavy (non-hydrogen) atoms. The summed E-state index contributed by atoms with van der Waals surface area (Å²) >= 11 is 0. The Morgan fingerprint density at radius 3 is 2.65 bits per heavy atom. The lowest BCUT2D eigenvalue weighted by molar-refractivity contribution is 0.0699. The topological polar surface area (TPSA) is 59.4 Å². The zero-order valence-electron chi connectivity index (χ0n) is 15.3. The summed E-state index contributed by atoms with van der Waals surface area (Å²) in [5, 5.41) is 10.4. The monoisotopic (exact) mass is 349 g/mol. The SMILES string of the molecule is CCOc1cccc(-c2cc(C(=O)O)c3cc(C(C)CC)ccc3n2)c1. The van der Waals surface area contributed by atoms with Crippen LogP contribution in [0.25, 0.3) is 22.2 Å². The van der Waals surface area contributed by atoms with Gasteiger partial charge in [0.05, 0.1) is 23.4 Å². The zero-order valence-corrected chi connectivity index (χ0v) is 15.3. The maximum atomic E-state index is 11.9. The summed E-state index contributed by atoms with van der Waals surface area (Å²) in [6, 6.07) is 15.1. The van der Waals surface area contributed by atoms with Gasteiger partial charge in [0.15, 0.2) is 0 Å². The minimum atomic E-state index is -0.944. The number of nitrogens with zero attached hydrogens (tertiary/aromatic N) is 1. The number of fused-ring (bicyclic) bond motifs is 1. The Labute approximate surface area is 153 Å². The molecule has 4 heteroatoms. The molecule has 134 valence electrons. The molecule has 0 aliphatic carbocycles. The third-order valence-electron chi connectivity index (χ3n) is 4.69. The van der Waals surface area contributed by atoms with Crippen LogP contribution in [0.1, 0.15) is 49.0 Å². The van der Waals surface area contributed by atoms with Gasteiger partial charge >= 0.3 is 5.97 Å². The molecule has 2 aromatic carbocycles. The van der Waals surface area contributed by atoms with Crippen LogP contribution in [0.3, 0.4) is 0 Å². The normalized spacial score (nSPS) is 12.1. The number of aromatic carboxylic acids is 1. The van der Waals surface area contributed by atoms with Crippen LogP contribution in [0, 0.1) is 0 Å². The molecule has 3 aromatic rings. The van der Waals surface area contributed by atoms with Crippen molar-refractivity contribution in [2.75, 3.05) is 6.61 Å². The summed E-state index contributed by atoms with van der Waals surface area (Å²) in [7, 11) is 0. The van der Waals surface area contributed by atoms with Crippen molar-refractivity contribution in [1.29, 1.82) is 0 Å². The summed E-state index contributed by atoms with van der Waals surface area (Å²) in [5.74, 6) is 0.181. The van der Waals surface area contributed by atoms with Gasteiger partial charge in [0.1, 0.15) is 5.75 Å². The first kappa shape index (κ1) is 17.9. The van der Waals surface area contributed by atoms with Crippen molar-refractivity contribution in [3.8, 4) is 17.0 Å². The van der Waals surface area contributed by atoms with Crippen molar-refractivity contribution in [1.82, 2.24) is 4.98 Å². The highest BCUT2D eigenvalue weighted by Crippen LogP contribution is 2.30.